The van der Waals surface area contributed by atoms with Crippen LogP contribution < -0.4 is 5.73 Å². The van der Waals surface area contributed by atoms with Crippen LogP contribution in [0.4, 0.5) is 0 Å². The highest BCUT2D eigenvalue weighted by atomic mass is 32.2. The number of nitriles is 1. The number of nitrogens with zero attached hydrogens (tertiary/aromatic N) is 2. The first-order valence-corrected chi connectivity index (χ1v) is 10.3. The molecule has 1 aromatic carbocycles. The Hall–Kier alpha value is -2.74. The fourth-order valence-electron chi connectivity index (χ4n) is 2.92. The summed E-state index contributed by atoms with van der Waals surface area (Å²) >= 11 is 0. The Bertz CT molecular complexity index is 966. The predicted octanol–water partition coefficient (Wildman–Crippen LogP) is 0.967. The molecule has 0 radical (unpaired) electrons. The average Bonchev–Trinajstić information content (AvgIpc) is 2.65. The summed E-state index contributed by atoms with van der Waals surface area (Å²) < 4.78 is 37.6. The Morgan fingerprint density at radius 1 is 1.31 bits per heavy atom. The smallest absolute Gasteiger partial charge is 0.338 e. The molecule has 0 spiro atoms. The van der Waals surface area contributed by atoms with Gasteiger partial charge in [0.15, 0.2) is 6.61 Å². The molecule has 1 aliphatic rings. The second-order valence-corrected chi connectivity index (χ2v) is 8.71. The highest BCUT2D eigenvalue weighted by Crippen LogP contribution is 2.22. The van der Waals surface area contributed by atoms with Gasteiger partial charge in [-0.25, -0.2) is 13.2 Å². The molecule has 1 fully saturated rings. The van der Waals surface area contributed by atoms with E-state index in [-0.39, 0.29) is 47.0 Å². The quantitative estimate of drug-likeness (QED) is 0.407. The van der Waals surface area contributed by atoms with Gasteiger partial charge >= 0.3 is 5.97 Å². The number of carbonyl (C=O) groups is 2. The molecule has 1 aliphatic heterocycles. The van der Waals surface area contributed by atoms with E-state index >= 15 is 0 Å². The maximum Gasteiger partial charge on any atom is 0.338 e. The summed E-state index contributed by atoms with van der Waals surface area (Å²) in [5.41, 5.74) is 5.15. The number of sulfonamides is 1. The first kappa shape index (κ1) is 22.5. The van der Waals surface area contributed by atoms with Crippen molar-refractivity contribution in [3.8, 4) is 6.07 Å². The van der Waals surface area contributed by atoms with Crippen LogP contribution in [0.2, 0.25) is 0 Å². The van der Waals surface area contributed by atoms with E-state index in [4.69, 9.17) is 20.5 Å². The molecule has 2 rings (SSSR count). The van der Waals surface area contributed by atoms with Crippen LogP contribution in [0.1, 0.15) is 31.1 Å². The van der Waals surface area contributed by atoms with Gasteiger partial charge in [-0.05, 0) is 39.0 Å². The number of Topliss-reactive ketones (excluding diaryl/α,β-unsaturated/α-hetero) is 1. The largest absolute Gasteiger partial charge is 0.454 e. The first-order chi connectivity index (χ1) is 13.6. The maximum absolute atomic E-state index is 12.9. The van der Waals surface area contributed by atoms with Crippen molar-refractivity contribution in [1.29, 1.82) is 5.26 Å². The third-order valence-corrected chi connectivity index (χ3v) is 6.04. The molecule has 1 aromatic rings. The van der Waals surface area contributed by atoms with Gasteiger partial charge in [-0.15, -0.1) is 0 Å². The van der Waals surface area contributed by atoms with Gasteiger partial charge in [0.25, 0.3) is 0 Å². The van der Waals surface area contributed by atoms with Crippen molar-refractivity contribution in [2.24, 2.45) is 5.73 Å². The molecule has 0 aromatic heterocycles. The summed E-state index contributed by atoms with van der Waals surface area (Å²) in [6.07, 6.45) is -0.498. The number of carbonyl (C=O) groups excluding carboxylic acids is 2. The van der Waals surface area contributed by atoms with E-state index in [0.29, 0.717) is 0 Å². The van der Waals surface area contributed by atoms with E-state index in [1.165, 1.54) is 35.5 Å². The fraction of sp³-hybridized carbons (Fsp3) is 0.421. The van der Waals surface area contributed by atoms with Gasteiger partial charge < -0.3 is 15.2 Å². The molecule has 2 N–H and O–H groups in total. The third-order valence-electron chi connectivity index (χ3n) is 4.21. The Kier molecular flexibility index (Phi) is 7.13. The van der Waals surface area contributed by atoms with E-state index in [1.54, 1.807) is 19.9 Å². The van der Waals surface area contributed by atoms with Crippen molar-refractivity contribution in [3.63, 3.8) is 0 Å². The summed E-state index contributed by atoms with van der Waals surface area (Å²) in [6, 6.07) is 7.04. The minimum atomic E-state index is -3.83. The number of morpholine rings is 1. The molecule has 1 heterocycles. The molecule has 0 amide bonds. The summed E-state index contributed by atoms with van der Waals surface area (Å²) in [6.45, 7) is 4.70. The van der Waals surface area contributed by atoms with Gasteiger partial charge in [-0.3, -0.25) is 4.79 Å². The van der Waals surface area contributed by atoms with Crippen molar-refractivity contribution in [1.82, 2.24) is 4.31 Å². The molecular formula is C19H23N3O6S. The summed E-state index contributed by atoms with van der Waals surface area (Å²) in [5, 5.41) is 8.91. The van der Waals surface area contributed by atoms with Crippen LogP contribution in [0.25, 0.3) is 0 Å². The van der Waals surface area contributed by atoms with Crippen LogP contribution in [-0.2, 0) is 24.3 Å². The zero-order valence-electron chi connectivity index (χ0n) is 16.4. The van der Waals surface area contributed by atoms with Crippen LogP contribution in [0.15, 0.2) is 40.4 Å². The second-order valence-electron chi connectivity index (χ2n) is 6.78. The summed E-state index contributed by atoms with van der Waals surface area (Å²) in [5.74, 6) is -1.62. The lowest BCUT2D eigenvalue weighted by Gasteiger charge is -2.34. The normalized spacial score (nSPS) is 21.0. The maximum atomic E-state index is 12.9. The van der Waals surface area contributed by atoms with Gasteiger partial charge in [-0.2, -0.15) is 9.57 Å². The monoisotopic (exact) mass is 421 g/mol. The zero-order chi connectivity index (χ0) is 21.8. The lowest BCUT2D eigenvalue weighted by atomic mass is 10.1. The molecular weight excluding hydrogens is 398 g/mol. The highest BCUT2D eigenvalue weighted by molar-refractivity contribution is 7.89. The van der Waals surface area contributed by atoms with Crippen molar-refractivity contribution in [2.45, 2.75) is 37.9 Å². The van der Waals surface area contributed by atoms with Crippen molar-refractivity contribution in [2.75, 3.05) is 19.7 Å². The first-order valence-electron chi connectivity index (χ1n) is 8.88. The van der Waals surface area contributed by atoms with Gasteiger partial charge in [-0.1, -0.05) is 6.07 Å². The predicted molar refractivity (Wildman–Crippen MR) is 103 cm³/mol. The highest BCUT2D eigenvalue weighted by Gasteiger charge is 2.32. The number of hydrogen-bond acceptors (Lipinski definition) is 8. The summed E-state index contributed by atoms with van der Waals surface area (Å²) in [4.78, 5) is 24.1. The number of allylic oxidation sites excluding steroid dienone is 1. The van der Waals surface area contributed by atoms with Crippen molar-refractivity contribution >= 4 is 21.8 Å². The van der Waals surface area contributed by atoms with Crippen molar-refractivity contribution in [3.05, 3.63) is 41.1 Å². The van der Waals surface area contributed by atoms with Crippen LogP contribution in [0.5, 0.6) is 0 Å². The Morgan fingerprint density at radius 3 is 2.48 bits per heavy atom. The molecule has 0 saturated carbocycles. The van der Waals surface area contributed by atoms with E-state index in [2.05, 4.69) is 0 Å². The second kappa shape index (κ2) is 9.17. The number of esters is 1. The van der Waals surface area contributed by atoms with Gasteiger partial charge in [0.05, 0.1) is 22.7 Å². The molecule has 10 heteroatoms. The molecule has 2 atom stereocenters. The van der Waals surface area contributed by atoms with Crippen LogP contribution in [0.3, 0.4) is 0 Å². The zero-order valence-corrected chi connectivity index (χ0v) is 17.2. The molecule has 29 heavy (non-hydrogen) atoms. The number of ketones is 1. The third kappa shape index (κ3) is 5.41. The van der Waals surface area contributed by atoms with Crippen molar-refractivity contribution < 1.29 is 27.5 Å². The van der Waals surface area contributed by atoms with E-state index in [0.717, 1.165) is 0 Å². The van der Waals surface area contributed by atoms with Gasteiger partial charge in [0.1, 0.15) is 11.6 Å². The van der Waals surface area contributed by atoms with Gasteiger partial charge in [0, 0.05) is 18.8 Å². The standard InChI is InChI=1S/C19H23N3O6S/c1-12-9-22(10-13(2)28-12)29(25,26)16-6-4-5-15(7-16)19(24)27-11-18(23)17(8-20)14(3)21/h4-7,12-13H,9-11,21H2,1-3H3/b17-14+/t12-,13+. The summed E-state index contributed by atoms with van der Waals surface area (Å²) in [7, 11) is -3.83. The minimum Gasteiger partial charge on any atom is -0.454 e. The Morgan fingerprint density at radius 2 is 1.93 bits per heavy atom. The molecule has 156 valence electrons. The van der Waals surface area contributed by atoms with E-state index in [1.807, 2.05) is 0 Å². The molecule has 0 unspecified atom stereocenters. The molecule has 0 bridgehead atoms. The molecule has 1 saturated heterocycles. The Balaban J connectivity index is 2.16. The van der Waals surface area contributed by atoms with Crippen LogP contribution in [0, 0.1) is 11.3 Å². The number of benzene rings is 1. The lowest BCUT2D eigenvalue weighted by molar-refractivity contribution is -0.118. The fourth-order valence-corrected chi connectivity index (χ4v) is 4.55. The van der Waals surface area contributed by atoms with Crippen LogP contribution in [-0.4, -0.2) is 56.4 Å². The number of rotatable bonds is 6. The van der Waals surface area contributed by atoms with Gasteiger partial charge in [0.2, 0.25) is 15.8 Å². The minimum absolute atomic E-state index is 0.0237. The van der Waals surface area contributed by atoms with E-state index < -0.39 is 28.4 Å². The van der Waals surface area contributed by atoms with Crippen LogP contribution >= 0.6 is 0 Å². The number of ether oxygens (including phenoxy) is 2. The SMILES string of the molecule is C/C(N)=C(/C#N)C(=O)COC(=O)c1cccc(S(=O)(=O)N2C[C@@H](C)O[C@@H](C)C2)c1. The lowest BCUT2D eigenvalue weighted by Crippen LogP contribution is -2.48. The Labute approximate surface area is 169 Å². The molecule has 0 aliphatic carbocycles. The average molecular weight is 421 g/mol. The number of nitrogens with two attached hydrogens (primary N) is 1. The van der Waals surface area contributed by atoms with E-state index in [9.17, 15) is 18.0 Å². The number of hydrogen-bond donors (Lipinski definition) is 1. The molecule has 9 nitrogen and oxygen atoms in total. The topological polar surface area (TPSA) is 140 Å².